The van der Waals surface area contributed by atoms with Crippen molar-refractivity contribution in [1.82, 2.24) is 0 Å². The lowest BCUT2D eigenvalue weighted by atomic mass is 9.99. The maximum atomic E-state index is 12.1. The minimum atomic E-state index is -4.71. The Balaban J connectivity index is 2.72. The van der Waals surface area contributed by atoms with Crippen LogP contribution in [-0.4, -0.2) is 40.9 Å². The number of ether oxygens (including phenoxy) is 1. The number of rotatable bonds is 0. The van der Waals surface area contributed by atoms with E-state index in [1.54, 1.807) is 0 Å². The summed E-state index contributed by atoms with van der Waals surface area (Å²) in [6, 6.07) is -1.12. The number of aliphatic hydroxyl groups excluding tert-OH is 2. The van der Waals surface area contributed by atoms with Gasteiger partial charge >= 0.3 is 6.18 Å². The third-order valence-corrected chi connectivity index (χ3v) is 1.85. The molecule has 0 spiro atoms. The van der Waals surface area contributed by atoms with E-state index in [-0.39, 0.29) is 6.42 Å². The number of nitrogens with two attached hydrogens (primary N) is 1. The molecule has 4 N–H and O–H groups in total. The van der Waals surface area contributed by atoms with Gasteiger partial charge in [-0.2, -0.15) is 13.2 Å². The highest BCUT2D eigenvalue weighted by atomic mass is 19.4. The molecule has 13 heavy (non-hydrogen) atoms. The van der Waals surface area contributed by atoms with Gasteiger partial charge in [-0.15, -0.1) is 0 Å². The van der Waals surface area contributed by atoms with Crippen LogP contribution in [-0.2, 0) is 4.74 Å². The average Bonchev–Trinajstić information content (AvgIpc) is 1.94. The summed E-state index contributed by atoms with van der Waals surface area (Å²) >= 11 is 0. The first-order valence-corrected chi connectivity index (χ1v) is 3.66. The van der Waals surface area contributed by atoms with E-state index in [4.69, 9.17) is 15.9 Å². The van der Waals surface area contributed by atoms with Gasteiger partial charge in [-0.05, 0) is 0 Å². The molecule has 1 heterocycles. The van der Waals surface area contributed by atoms with Gasteiger partial charge in [-0.3, -0.25) is 0 Å². The van der Waals surface area contributed by atoms with Crippen LogP contribution in [0.4, 0.5) is 13.2 Å². The molecule has 78 valence electrons. The lowest BCUT2D eigenvalue weighted by molar-refractivity contribution is -0.306. The Morgan fingerprint density at radius 3 is 2.31 bits per heavy atom. The van der Waals surface area contributed by atoms with E-state index in [9.17, 15) is 13.2 Å². The summed E-state index contributed by atoms with van der Waals surface area (Å²) < 4.78 is 40.4. The Morgan fingerprint density at radius 2 is 1.85 bits per heavy atom. The van der Waals surface area contributed by atoms with Crippen LogP contribution < -0.4 is 5.73 Å². The highest BCUT2D eigenvalue weighted by Crippen LogP contribution is 2.31. The summed E-state index contributed by atoms with van der Waals surface area (Å²) in [7, 11) is 0. The lowest BCUT2D eigenvalue weighted by Gasteiger charge is -2.36. The van der Waals surface area contributed by atoms with Crippen LogP contribution in [0.5, 0.6) is 0 Å². The first-order valence-electron chi connectivity index (χ1n) is 3.66. The van der Waals surface area contributed by atoms with Gasteiger partial charge in [-0.1, -0.05) is 0 Å². The number of aliphatic hydroxyl groups is 2. The molecule has 0 saturated carbocycles. The molecule has 0 unspecified atom stereocenters. The van der Waals surface area contributed by atoms with Crippen LogP contribution in [0, 0.1) is 0 Å². The lowest BCUT2D eigenvalue weighted by Crippen LogP contribution is -2.57. The van der Waals surface area contributed by atoms with Crippen molar-refractivity contribution in [2.75, 3.05) is 0 Å². The van der Waals surface area contributed by atoms with Crippen molar-refractivity contribution in [1.29, 1.82) is 0 Å². The second-order valence-corrected chi connectivity index (χ2v) is 2.94. The van der Waals surface area contributed by atoms with Crippen LogP contribution in [0.3, 0.4) is 0 Å². The molecule has 0 amide bonds. The smallest absolute Gasteiger partial charge is 0.388 e. The number of alkyl halides is 3. The summed E-state index contributed by atoms with van der Waals surface area (Å²) in [6.45, 7) is 0. The van der Waals surface area contributed by atoms with Crippen LogP contribution in [0.2, 0.25) is 0 Å². The fourth-order valence-corrected chi connectivity index (χ4v) is 1.17. The van der Waals surface area contributed by atoms with Gasteiger partial charge in [0.05, 0.1) is 0 Å². The third kappa shape index (κ3) is 2.31. The van der Waals surface area contributed by atoms with Crippen molar-refractivity contribution >= 4 is 0 Å². The molecule has 0 aromatic rings. The van der Waals surface area contributed by atoms with Crippen LogP contribution in [0.1, 0.15) is 6.42 Å². The molecule has 4 atom stereocenters. The van der Waals surface area contributed by atoms with Gasteiger partial charge in [0.2, 0.25) is 0 Å². The van der Waals surface area contributed by atoms with Crippen LogP contribution in [0.25, 0.3) is 0 Å². The first-order chi connectivity index (χ1) is 5.82. The van der Waals surface area contributed by atoms with Crippen molar-refractivity contribution < 1.29 is 28.1 Å². The normalized spacial score (nSPS) is 42.0. The summed E-state index contributed by atoms with van der Waals surface area (Å²) in [5.74, 6) is 0. The van der Waals surface area contributed by atoms with E-state index in [1.165, 1.54) is 0 Å². The largest absolute Gasteiger partial charge is 0.417 e. The minimum absolute atomic E-state index is 0.201. The fraction of sp³-hybridized carbons (Fsp3) is 1.00. The molecule has 1 aliphatic rings. The average molecular weight is 201 g/mol. The fourth-order valence-electron chi connectivity index (χ4n) is 1.17. The molecule has 7 heteroatoms. The zero-order valence-corrected chi connectivity index (χ0v) is 6.53. The predicted octanol–water partition coefficient (Wildman–Crippen LogP) is -0.656. The van der Waals surface area contributed by atoms with E-state index in [0.29, 0.717) is 0 Å². The van der Waals surface area contributed by atoms with Crippen molar-refractivity contribution in [2.45, 2.75) is 37.1 Å². The quantitative estimate of drug-likeness (QED) is 0.486. The maximum Gasteiger partial charge on any atom is 0.417 e. The van der Waals surface area contributed by atoms with Gasteiger partial charge in [-0.25, -0.2) is 0 Å². The van der Waals surface area contributed by atoms with Crippen molar-refractivity contribution in [3.63, 3.8) is 0 Å². The van der Waals surface area contributed by atoms with Crippen LogP contribution >= 0.6 is 0 Å². The molecule has 1 aliphatic heterocycles. The standard InChI is InChI=1S/C6H10F3NO3/c7-6(8,9)5-4(12)2(10)1-3(11)13-5/h2-5,11-12H,1,10H2/t2-,3-,4-,5+/m0/s1. The molecule has 0 radical (unpaired) electrons. The summed E-state index contributed by atoms with van der Waals surface area (Å²) in [5.41, 5.74) is 5.17. The molecule has 1 fully saturated rings. The van der Waals surface area contributed by atoms with Crippen LogP contribution in [0.15, 0.2) is 0 Å². The second-order valence-electron chi connectivity index (χ2n) is 2.94. The Bertz CT molecular complexity index is 186. The molecule has 4 nitrogen and oxygen atoms in total. The van der Waals surface area contributed by atoms with Gasteiger partial charge < -0.3 is 20.7 Å². The first kappa shape index (κ1) is 10.7. The van der Waals surface area contributed by atoms with Gasteiger partial charge in [0.25, 0.3) is 0 Å². The van der Waals surface area contributed by atoms with E-state index >= 15 is 0 Å². The highest BCUT2D eigenvalue weighted by molar-refractivity contribution is 4.89. The van der Waals surface area contributed by atoms with E-state index < -0.39 is 30.7 Å². The topological polar surface area (TPSA) is 75.7 Å². The Morgan fingerprint density at radius 1 is 1.31 bits per heavy atom. The zero-order chi connectivity index (χ0) is 10.2. The number of halogens is 3. The summed E-state index contributed by atoms with van der Waals surface area (Å²) in [5, 5.41) is 17.8. The molecule has 0 aliphatic carbocycles. The Kier molecular flexibility index (Phi) is 2.81. The molecule has 1 saturated heterocycles. The van der Waals surface area contributed by atoms with E-state index in [1.807, 2.05) is 0 Å². The van der Waals surface area contributed by atoms with Crippen molar-refractivity contribution in [3.8, 4) is 0 Å². The monoisotopic (exact) mass is 201 g/mol. The summed E-state index contributed by atoms with van der Waals surface area (Å²) in [4.78, 5) is 0. The molecule has 0 bridgehead atoms. The molecule has 1 rings (SSSR count). The molecular weight excluding hydrogens is 191 g/mol. The van der Waals surface area contributed by atoms with E-state index in [0.717, 1.165) is 0 Å². The van der Waals surface area contributed by atoms with Crippen molar-refractivity contribution in [3.05, 3.63) is 0 Å². The number of hydrogen-bond acceptors (Lipinski definition) is 4. The second kappa shape index (κ2) is 3.41. The SMILES string of the molecule is N[C@H]1C[C@@H](O)O[C@@H](C(F)(F)F)[C@H]1O. The molecule has 0 aromatic carbocycles. The highest BCUT2D eigenvalue weighted by Gasteiger charge is 2.51. The zero-order valence-electron chi connectivity index (χ0n) is 6.53. The third-order valence-electron chi connectivity index (χ3n) is 1.85. The molecular formula is C6H10F3NO3. The molecule has 0 aromatic heterocycles. The van der Waals surface area contributed by atoms with Gasteiger partial charge in [0, 0.05) is 12.5 Å². The van der Waals surface area contributed by atoms with Gasteiger partial charge in [0.1, 0.15) is 6.10 Å². The Labute approximate surface area is 72.1 Å². The maximum absolute atomic E-state index is 12.1. The van der Waals surface area contributed by atoms with Gasteiger partial charge in [0.15, 0.2) is 12.4 Å². The predicted molar refractivity (Wildman–Crippen MR) is 35.5 cm³/mol. The Hall–Kier alpha value is -0.370. The summed E-state index contributed by atoms with van der Waals surface area (Å²) in [6.07, 6.45) is -10.7. The minimum Gasteiger partial charge on any atom is -0.388 e. The van der Waals surface area contributed by atoms with E-state index in [2.05, 4.69) is 4.74 Å². The number of hydrogen-bond donors (Lipinski definition) is 3. The van der Waals surface area contributed by atoms with Crippen molar-refractivity contribution in [2.24, 2.45) is 5.73 Å².